The van der Waals surface area contributed by atoms with E-state index in [1.165, 1.54) is 11.8 Å². The highest BCUT2D eigenvalue weighted by Crippen LogP contribution is 2.40. The van der Waals surface area contributed by atoms with Crippen molar-refractivity contribution in [3.05, 3.63) is 60.4 Å². The summed E-state index contributed by atoms with van der Waals surface area (Å²) < 4.78 is 34.8. The molecule has 2 aromatic carbocycles. The van der Waals surface area contributed by atoms with Crippen LogP contribution in [0.5, 0.6) is 5.75 Å². The van der Waals surface area contributed by atoms with Gasteiger partial charge in [-0.25, -0.2) is 13.6 Å². The summed E-state index contributed by atoms with van der Waals surface area (Å²) in [5.41, 5.74) is 2.67. The first kappa shape index (κ1) is 21.1. The Kier molecular flexibility index (Phi) is 5.11. The number of nitrogens with zero attached hydrogens (tertiary/aromatic N) is 4. The van der Waals surface area contributed by atoms with E-state index in [4.69, 9.17) is 4.74 Å². The standard InChI is InChI=1S/C24H22F2N4O3/c1-14-12-28(24(32)33-23-10-18(25)4-7-20(23)26)22-9-16(3-8-21(22)30(14)15(2)31)17-11-27-29(13-17)19-5-6-19/h3-4,7-11,13-14,19H,5-6,12H2,1-2H3/t14-/m0/s1. The number of ether oxygens (including phenoxy) is 1. The van der Waals surface area contributed by atoms with Gasteiger partial charge >= 0.3 is 6.09 Å². The molecule has 3 aromatic rings. The summed E-state index contributed by atoms with van der Waals surface area (Å²) >= 11 is 0. The number of carbonyl (C=O) groups excluding carboxylic acids is 2. The fourth-order valence-electron chi connectivity index (χ4n) is 4.19. The highest BCUT2D eigenvalue weighted by molar-refractivity contribution is 6.03. The van der Waals surface area contributed by atoms with Gasteiger partial charge in [-0.1, -0.05) is 6.07 Å². The molecule has 1 aliphatic carbocycles. The lowest BCUT2D eigenvalue weighted by Gasteiger charge is -2.40. The normalized spacial score (nSPS) is 17.6. The Hall–Kier alpha value is -3.75. The van der Waals surface area contributed by atoms with Gasteiger partial charge in [0.1, 0.15) is 5.82 Å². The summed E-state index contributed by atoms with van der Waals surface area (Å²) in [7, 11) is 0. The molecule has 1 atom stereocenters. The van der Waals surface area contributed by atoms with Crippen LogP contribution in [0.2, 0.25) is 0 Å². The van der Waals surface area contributed by atoms with Crippen molar-refractivity contribution in [3.63, 3.8) is 0 Å². The van der Waals surface area contributed by atoms with E-state index in [9.17, 15) is 18.4 Å². The topological polar surface area (TPSA) is 67.7 Å². The van der Waals surface area contributed by atoms with Crippen LogP contribution < -0.4 is 14.5 Å². The Balaban J connectivity index is 1.53. The van der Waals surface area contributed by atoms with Crippen LogP contribution in [0.4, 0.5) is 25.0 Å². The number of amides is 2. The van der Waals surface area contributed by atoms with Crippen molar-refractivity contribution < 1.29 is 23.1 Å². The van der Waals surface area contributed by atoms with Gasteiger partial charge in [-0.3, -0.25) is 14.4 Å². The summed E-state index contributed by atoms with van der Waals surface area (Å²) in [6, 6.07) is 8.19. The van der Waals surface area contributed by atoms with E-state index in [1.807, 2.05) is 16.9 Å². The van der Waals surface area contributed by atoms with E-state index < -0.39 is 23.5 Å². The molecule has 0 bridgehead atoms. The van der Waals surface area contributed by atoms with Crippen LogP contribution in [0.15, 0.2) is 48.8 Å². The van der Waals surface area contributed by atoms with Crippen molar-refractivity contribution in [3.8, 4) is 16.9 Å². The third kappa shape index (κ3) is 3.94. The molecule has 1 fully saturated rings. The van der Waals surface area contributed by atoms with E-state index in [2.05, 4.69) is 5.10 Å². The molecule has 0 spiro atoms. The highest BCUT2D eigenvalue weighted by atomic mass is 19.1. The molecule has 0 N–H and O–H groups in total. The van der Waals surface area contributed by atoms with E-state index in [1.54, 1.807) is 30.2 Å². The largest absolute Gasteiger partial charge is 0.419 e. The summed E-state index contributed by atoms with van der Waals surface area (Å²) in [6.45, 7) is 3.40. The maximum Gasteiger partial charge on any atom is 0.419 e. The number of aromatic nitrogens is 2. The number of benzene rings is 2. The first-order chi connectivity index (χ1) is 15.8. The predicted molar refractivity (Wildman–Crippen MR) is 118 cm³/mol. The zero-order valence-corrected chi connectivity index (χ0v) is 18.2. The monoisotopic (exact) mass is 452 g/mol. The van der Waals surface area contributed by atoms with Gasteiger partial charge in [0.05, 0.1) is 29.7 Å². The Morgan fingerprint density at radius 3 is 2.58 bits per heavy atom. The average Bonchev–Trinajstić information content (AvgIpc) is 3.51. The predicted octanol–water partition coefficient (Wildman–Crippen LogP) is 4.92. The Bertz CT molecular complexity index is 1250. The molecule has 1 aliphatic heterocycles. The van der Waals surface area contributed by atoms with Crippen molar-refractivity contribution in [1.82, 2.24) is 9.78 Å². The average molecular weight is 452 g/mol. The van der Waals surface area contributed by atoms with Gasteiger partial charge in [-0.15, -0.1) is 0 Å². The maximum atomic E-state index is 14.1. The van der Waals surface area contributed by atoms with Crippen LogP contribution in [0.25, 0.3) is 11.1 Å². The van der Waals surface area contributed by atoms with E-state index in [0.717, 1.165) is 42.2 Å². The van der Waals surface area contributed by atoms with Gasteiger partial charge < -0.3 is 9.64 Å². The van der Waals surface area contributed by atoms with E-state index >= 15 is 0 Å². The fourth-order valence-corrected chi connectivity index (χ4v) is 4.19. The minimum absolute atomic E-state index is 0.132. The van der Waals surface area contributed by atoms with E-state index in [-0.39, 0.29) is 18.5 Å². The number of fused-ring (bicyclic) bond motifs is 1. The Morgan fingerprint density at radius 1 is 1.06 bits per heavy atom. The molecule has 7 nitrogen and oxygen atoms in total. The lowest BCUT2D eigenvalue weighted by Crippen LogP contribution is -2.52. The van der Waals surface area contributed by atoms with Crippen LogP contribution in [-0.2, 0) is 4.79 Å². The molecular weight excluding hydrogens is 430 g/mol. The SMILES string of the molecule is CC(=O)N1c2ccc(-c3cnn(C4CC4)c3)cc2N(C(=O)Oc2cc(F)ccc2F)C[C@@H]1C. The molecule has 2 amide bonds. The molecule has 1 saturated carbocycles. The lowest BCUT2D eigenvalue weighted by atomic mass is 10.0. The first-order valence-electron chi connectivity index (χ1n) is 10.7. The molecule has 0 radical (unpaired) electrons. The van der Waals surface area contributed by atoms with Crippen LogP contribution in [0.3, 0.4) is 0 Å². The molecule has 170 valence electrons. The zero-order valence-electron chi connectivity index (χ0n) is 18.2. The van der Waals surface area contributed by atoms with Crippen LogP contribution >= 0.6 is 0 Å². The van der Waals surface area contributed by atoms with Crippen molar-refractivity contribution in [2.24, 2.45) is 0 Å². The molecule has 0 unspecified atom stereocenters. The number of rotatable bonds is 3. The van der Waals surface area contributed by atoms with Gasteiger partial charge in [0, 0.05) is 31.3 Å². The fraction of sp³-hybridized carbons (Fsp3) is 0.292. The summed E-state index contributed by atoms with van der Waals surface area (Å²) in [5, 5.41) is 4.42. The van der Waals surface area contributed by atoms with Gasteiger partial charge in [0.25, 0.3) is 0 Å². The van der Waals surface area contributed by atoms with Crippen LogP contribution in [0.1, 0.15) is 32.7 Å². The summed E-state index contributed by atoms with van der Waals surface area (Å²) in [4.78, 5) is 28.4. The van der Waals surface area contributed by atoms with Crippen LogP contribution in [0, 0.1) is 11.6 Å². The van der Waals surface area contributed by atoms with Crippen LogP contribution in [-0.4, -0.2) is 34.4 Å². The molecule has 2 heterocycles. The molecule has 0 saturated heterocycles. The number of carbonyl (C=O) groups is 2. The van der Waals surface area contributed by atoms with Gasteiger partial charge in [-0.2, -0.15) is 5.10 Å². The Morgan fingerprint density at radius 2 is 1.85 bits per heavy atom. The number of anilines is 2. The second-order valence-electron chi connectivity index (χ2n) is 8.44. The Labute approximate surface area is 189 Å². The third-order valence-corrected chi connectivity index (χ3v) is 5.92. The van der Waals surface area contributed by atoms with E-state index in [0.29, 0.717) is 17.4 Å². The third-order valence-electron chi connectivity index (χ3n) is 5.92. The number of hydrogen-bond acceptors (Lipinski definition) is 4. The second kappa shape index (κ2) is 7.99. The quantitative estimate of drug-likeness (QED) is 0.566. The van der Waals surface area contributed by atoms with Crippen molar-refractivity contribution in [1.29, 1.82) is 0 Å². The van der Waals surface area contributed by atoms with Crippen molar-refractivity contribution >= 4 is 23.4 Å². The highest BCUT2D eigenvalue weighted by Gasteiger charge is 2.35. The van der Waals surface area contributed by atoms with Gasteiger partial charge in [0.2, 0.25) is 5.91 Å². The van der Waals surface area contributed by atoms with Crippen molar-refractivity contribution in [2.45, 2.75) is 38.8 Å². The maximum absolute atomic E-state index is 14.1. The molecule has 9 heteroatoms. The summed E-state index contributed by atoms with van der Waals surface area (Å²) in [5.74, 6) is -2.22. The lowest BCUT2D eigenvalue weighted by molar-refractivity contribution is -0.117. The zero-order chi connectivity index (χ0) is 23.3. The minimum atomic E-state index is -0.860. The van der Waals surface area contributed by atoms with Gasteiger partial charge in [0.15, 0.2) is 11.6 Å². The molecule has 1 aromatic heterocycles. The minimum Gasteiger partial charge on any atom is -0.407 e. The van der Waals surface area contributed by atoms with Gasteiger partial charge in [-0.05, 0) is 49.6 Å². The second-order valence-corrected chi connectivity index (χ2v) is 8.44. The number of hydrogen-bond donors (Lipinski definition) is 0. The molecular formula is C24H22F2N4O3. The summed E-state index contributed by atoms with van der Waals surface area (Å²) in [6.07, 6.45) is 5.07. The molecule has 5 rings (SSSR count). The number of halogens is 2. The molecule has 33 heavy (non-hydrogen) atoms. The van der Waals surface area contributed by atoms with Crippen molar-refractivity contribution in [2.75, 3.05) is 16.3 Å². The smallest absolute Gasteiger partial charge is 0.407 e. The molecule has 2 aliphatic rings. The first-order valence-corrected chi connectivity index (χ1v) is 10.7.